The molecule has 0 saturated heterocycles. The van der Waals surface area contributed by atoms with Crippen LogP contribution in [0, 0.1) is 6.92 Å². The van der Waals surface area contributed by atoms with Crippen molar-refractivity contribution in [1.29, 1.82) is 0 Å². The topological polar surface area (TPSA) is 70.1 Å². The monoisotopic (exact) mass is 240 g/mol. The summed E-state index contributed by atoms with van der Waals surface area (Å²) in [5.74, 6) is 0. The van der Waals surface area contributed by atoms with Gasteiger partial charge in [-0.3, -0.25) is 10.2 Å². The summed E-state index contributed by atoms with van der Waals surface area (Å²) in [7, 11) is 0. The summed E-state index contributed by atoms with van der Waals surface area (Å²) in [5.41, 5.74) is 6.79. The standard InChI is InChI=1S/C13H12N4O/c1-8-10-7-11(9-5-3-2-4-6-9)15-16-12(10)13(18)17-14-8/h2-6,16H,7H2,1H3,(H,17,18). The van der Waals surface area contributed by atoms with Crippen molar-refractivity contribution < 1.29 is 0 Å². The highest BCUT2D eigenvalue weighted by molar-refractivity contribution is 6.04. The van der Waals surface area contributed by atoms with Gasteiger partial charge in [-0.05, 0) is 12.5 Å². The SMILES string of the molecule is Cc1n[nH]c(=O)c2c1CC(c1ccccc1)=NN2. The van der Waals surface area contributed by atoms with Crippen molar-refractivity contribution in [2.45, 2.75) is 13.3 Å². The minimum atomic E-state index is -0.230. The molecule has 0 bridgehead atoms. The lowest BCUT2D eigenvalue weighted by Gasteiger charge is -2.17. The van der Waals surface area contributed by atoms with Crippen LogP contribution >= 0.6 is 0 Å². The molecule has 1 aliphatic rings. The van der Waals surface area contributed by atoms with Crippen LogP contribution in [0.1, 0.15) is 16.8 Å². The quantitative estimate of drug-likeness (QED) is 0.792. The van der Waals surface area contributed by atoms with E-state index >= 15 is 0 Å². The molecular formula is C13H12N4O. The number of aromatic nitrogens is 2. The smallest absolute Gasteiger partial charge is 0.272 e. The second kappa shape index (κ2) is 4.10. The van der Waals surface area contributed by atoms with Crippen LogP contribution < -0.4 is 11.0 Å². The summed E-state index contributed by atoms with van der Waals surface area (Å²) >= 11 is 0. The molecule has 3 rings (SSSR count). The molecule has 90 valence electrons. The maximum absolute atomic E-state index is 11.6. The van der Waals surface area contributed by atoms with E-state index in [2.05, 4.69) is 20.7 Å². The number of H-pyrrole nitrogens is 1. The van der Waals surface area contributed by atoms with Gasteiger partial charge in [0, 0.05) is 12.0 Å². The van der Waals surface area contributed by atoms with E-state index in [4.69, 9.17) is 0 Å². The van der Waals surface area contributed by atoms with Gasteiger partial charge in [-0.25, -0.2) is 5.10 Å². The van der Waals surface area contributed by atoms with Crippen molar-refractivity contribution >= 4 is 11.4 Å². The number of benzene rings is 1. The van der Waals surface area contributed by atoms with E-state index in [0.29, 0.717) is 12.1 Å². The van der Waals surface area contributed by atoms with E-state index < -0.39 is 0 Å². The predicted molar refractivity (Wildman–Crippen MR) is 69.9 cm³/mol. The minimum Gasteiger partial charge on any atom is -0.272 e. The van der Waals surface area contributed by atoms with Gasteiger partial charge in [0.15, 0.2) is 0 Å². The molecule has 0 fully saturated rings. The van der Waals surface area contributed by atoms with Crippen molar-refractivity contribution in [1.82, 2.24) is 10.2 Å². The van der Waals surface area contributed by atoms with Gasteiger partial charge in [-0.2, -0.15) is 10.2 Å². The molecule has 1 aliphatic heterocycles. The molecule has 0 amide bonds. The summed E-state index contributed by atoms with van der Waals surface area (Å²) in [5, 5.41) is 10.7. The van der Waals surface area contributed by atoms with E-state index in [1.165, 1.54) is 0 Å². The molecule has 5 heteroatoms. The van der Waals surface area contributed by atoms with Gasteiger partial charge in [0.1, 0.15) is 5.69 Å². The number of anilines is 1. The zero-order valence-corrected chi connectivity index (χ0v) is 9.90. The van der Waals surface area contributed by atoms with E-state index in [9.17, 15) is 4.79 Å². The van der Waals surface area contributed by atoms with Crippen LogP contribution in [0.2, 0.25) is 0 Å². The van der Waals surface area contributed by atoms with Crippen LogP contribution in [-0.4, -0.2) is 15.9 Å². The first-order valence-electron chi connectivity index (χ1n) is 5.72. The summed E-state index contributed by atoms with van der Waals surface area (Å²) in [6, 6.07) is 9.90. The summed E-state index contributed by atoms with van der Waals surface area (Å²) in [4.78, 5) is 11.6. The molecule has 2 N–H and O–H groups in total. The molecule has 0 spiro atoms. The Bertz CT molecular complexity index is 673. The number of aryl methyl sites for hydroxylation is 1. The molecule has 0 saturated carbocycles. The number of hydrazone groups is 1. The molecule has 2 aromatic rings. The predicted octanol–water partition coefficient (Wildman–Crippen LogP) is 1.45. The average Bonchev–Trinajstić information content (AvgIpc) is 2.44. The summed E-state index contributed by atoms with van der Waals surface area (Å²) < 4.78 is 0. The number of hydrogen-bond acceptors (Lipinski definition) is 4. The highest BCUT2D eigenvalue weighted by Crippen LogP contribution is 2.20. The highest BCUT2D eigenvalue weighted by atomic mass is 16.1. The molecule has 1 aromatic heterocycles. The van der Waals surface area contributed by atoms with Gasteiger partial charge >= 0.3 is 0 Å². The van der Waals surface area contributed by atoms with Crippen LogP contribution in [0.5, 0.6) is 0 Å². The van der Waals surface area contributed by atoms with E-state index in [1.54, 1.807) is 0 Å². The zero-order valence-electron chi connectivity index (χ0n) is 9.90. The molecule has 2 heterocycles. The van der Waals surface area contributed by atoms with Gasteiger partial charge in [-0.1, -0.05) is 30.3 Å². The maximum Gasteiger partial charge on any atom is 0.289 e. The first kappa shape index (κ1) is 10.7. The Kier molecular flexibility index (Phi) is 2.44. The van der Waals surface area contributed by atoms with Crippen LogP contribution in [0.25, 0.3) is 0 Å². The fourth-order valence-electron chi connectivity index (χ4n) is 2.04. The Morgan fingerprint density at radius 1 is 1.22 bits per heavy atom. The maximum atomic E-state index is 11.6. The molecule has 0 radical (unpaired) electrons. The number of nitrogens with zero attached hydrogens (tertiary/aromatic N) is 2. The Hall–Kier alpha value is -2.43. The van der Waals surface area contributed by atoms with Gasteiger partial charge < -0.3 is 0 Å². The second-order valence-electron chi connectivity index (χ2n) is 4.20. The molecule has 5 nitrogen and oxygen atoms in total. The molecular weight excluding hydrogens is 228 g/mol. The van der Waals surface area contributed by atoms with Gasteiger partial charge in [0.05, 0.1) is 11.4 Å². The molecule has 0 unspecified atom stereocenters. The molecule has 18 heavy (non-hydrogen) atoms. The molecule has 0 atom stereocenters. The zero-order chi connectivity index (χ0) is 12.5. The third-order valence-electron chi connectivity index (χ3n) is 3.04. The Morgan fingerprint density at radius 2 is 2.00 bits per heavy atom. The van der Waals surface area contributed by atoms with Crippen LogP contribution in [0.3, 0.4) is 0 Å². The highest BCUT2D eigenvalue weighted by Gasteiger charge is 2.19. The van der Waals surface area contributed by atoms with Crippen molar-refractivity contribution in [3.05, 3.63) is 57.5 Å². The van der Waals surface area contributed by atoms with Crippen molar-refractivity contribution in [2.24, 2.45) is 5.10 Å². The van der Waals surface area contributed by atoms with Crippen LogP contribution in [0.4, 0.5) is 5.69 Å². The van der Waals surface area contributed by atoms with Gasteiger partial charge in [0.2, 0.25) is 0 Å². The summed E-state index contributed by atoms with van der Waals surface area (Å²) in [6.07, 6.45) is 0.620. The first-order valence-corrected chi connectivity index (χ1v) is 5.72. The van der Waals surface area contributed by atoms with Crippen LogP contribution in [-0.2, 0) is 6.42 Å². The number of aromatic amines is 1. The lowest BCUT2D eigenvalue weighted by Crippen LogP contribution is -2.24. The second-order valence-corrected chi connectivity index (χ2v) is 4.20. The molecule has 1 aromatic carbocycles. The average molecular weight is 240 g/mol. The number of nitrogens with one attached hydrogen (secondary N) is 2. The fraction of sp³-hybridized carbons (Fsp3) is 0.154. The van der Waals surface area contributed by atoms with Crippen LogP contribution in [0.15, 0.2) is 40.2 Å². The van der Waals surface area contributed by atoms with E-state index in [0.717, 1.165) is 22.5 Å². The van der Waals surface area contributed by atoms with Crippen molar-refractivity contribution in [3.8, 4) is 0 Å². The normalized spacial score (nSPS) is 13.5. The minimum absolute atomic E-state index is 0.230. The fourth-order valence-corrected chi connectivity index (χ4v) is 2.04. The van der Waals surface area contributed by atoms with Gasteiger partial charge in [-0.15, -0.1) is 0 Å². The Balaban J connectivity index is 2.05. The third kappa shape index (κ3) is 1.69. The lowest BCUT2D eigenvalue weighted by molar-refractivity contribution is 0.912. The number of hydrogen-bond donors (Lipinski definition) is 2. The number of rotatable bonds is 1. The third-order valence-corrected chi connectivity index (χ3v) is 3.04. The largest absolute Gasteiger partial charge is 0.289 e. The van der Waals surface area contributed by atoms with E-state index in [-0.39, 0.29) is 5.56 Å². The van der Waals surface area contributed by atoms with Crippen molar-refractivity contribution in [3.63, 3.8) is 0 Å². The summed E-state index contributed by atoms with van der Waals surface area (Å²) in [6.45, 7) is 1.88. The Labute approximate surface area is 104 Å². The first-order chi connectivity index (χ1) is 8.75. The molecule has 0 aliphatic carbocycles. The van der Waals surface area contributed by atoms with Crippen molar-refractivity contribution in [2.75, 3.05) is 5.43 Å². The number of fused-ring (bicyclic) bond motifs is 1. The lowest BCUT2D eigenvalue weighted by atomic mass is 9.99. The van der Waals surface area contributed by atoms with E-state index in [1.807, 2.05) is 37.3 Å². The Morgan fingerprint density at radius 3 is 2.78 bits per heavy atom. The van der Waals surface area contributed by atoms with Gasteiger partial charge in [0.25, 0.3) is 5.56 Å².